The molecule has 0 amide bonds. The van der Waals surface area contributed by atoms with Crippen LogP contribution >= 0.6 is 0 Å². The first-order chi connectivity index (χ1) is 29.5. The molecule has 0 N–H and O–H groups in total. The molecule has 1 heterocycles. The maximum atomic E-state index is 7.02. The van der Waals surface area contributed by atoms with Gasteiger partial charge in [0.2, 0.25) is 0 Å². The van der Waals surface area contributed by atoms with Crippen LogP contribution in [0.1, 0.15) is 25.0 Å². The predicted molar refractivity (Wildman–Crippen MR) is 254 cm³/mol. The van der Waals surface area contributed by atoms with Gasteiger partial charge < -0.3 is 4.42 Å². The molecule has 0 bridgehead atoms. The van der Waals surface area contributed by atoms with E-state index in [1.54, 1.807) is 0 Å². The lowest BCUT2D eigenvalue weighted by Crippen LogP contribution is -2.14. The van der Waals surface area contributed by atoms with Gasteiger partial charge in [0.25, 0.3) is 0 Å². The summed E-state index contributed by atoms with van der Waals surface area (Å²) in [6, 6.07) is 71.8. The Hall–Kier alpha value is -7.48. The summed E-state index contributed by atoms with van der Waals surface area (Å²) in [4.78, 5) is 0. The van der Waals surface area contributed by atoms with E-state index in [2.05, 4.69) is 208 Å². The van der Waals surface area contributed by atoms with Crippen molar-refractivity contribution in [3.8, 4) is 55.6 Å². The third kappa shape index (κ3) is 4.69. The molecule has 0 atom stereocenters. The SMILES string of the molecule is CC1(C)c2ccccc2-c2ccc(-c3ccc(-c4ccc(-c5ccc6ccc7c(-c8ccccc8)ccc8ccc5c6c87)c5c4oc4cc6ccccc6cc45)cc3)cc21. The fraction of sp³-hybridized carbons (Fsp3) is 0.0508. The zero-order chi connectivity index (χ0) is 39.7. The molecule has 0 aliphatic heterocycles. The minimum Gasteiger partial charge on any atom is -0.455 e. The highest BCUT2D eigenvalue weighted by Gasteiger charge is 2.35. The Balaban J connectivity index is 0.997. The zero-order valence-corrected chi connectivity index (χ0v) is 33.4. The molecular weight excluding hydrogens is 725 g/mol. The van der Waals surface area contributed by atoms with Gasteiger partial charge in [-0.15, -0.1) is 0 Å². The van der Waals surface area contributed by atoms with Crippen LogP contribution in [-0.2, 0) is 5.41 Å². The second-order valence-electron chi connectivity index (χ2n) is 17.2. The molecule has 12 aromatic rings. The van der Waals surface area contributed by atoms with E-state index in [1.165, 1.54) is 98.7 Å². The van der Waals surface area contributed by atoms with Crippen LogP contribution in [0, 0.1) is 0 Å². The topological polar surface area (TPSA) is 13.1 Å². The van der Waals surface area contributed by atoms with E-state index < -0.39 is 0 Å². The second kappa shape index (κ2) is 12.3. The molecule has 0 spiro atoms. The average Bonchev–Trinajstić information content (AvgIpc) is 3.78. The Labute approximate surface area is 348 Å². The van der Waals surface area contributed by atoms with Crippen molar-refractivity contribution in [3.63, 3.8) is 0 Å². The number of rotatable bonds is 4. The van der Waals surface area contributed by atoms with Crippen molar-refractivity contribution in [1.82, 2.24) is 0 Å². The molecule has 1 aromatic heterocycles. The van der Waals surface area contributed by atoms with Crippen molar-refractivity contribution in [1.29, 1.82) is 0 Å². The Morgan fingerprint density at radius 1 is 0.317 bits per heavy atom. The van der Waals surface area contributed by atoms with E-state index in [0.717, 1.165) is 33.1 Å². The molecule has 0 unspecified atom stereocenters. The first-order valence-corrected chi connectivity index (χ1v) is 21.0. The zero-order valence-electron chi connectivity index (χ0n) is 33.4. The fourth-order valence-electron chi connectivity index (χ4n) is 10.6. The van der Waals surface area contributed by atoms with Crippen LogP contribution in [0.3, 0.4) is 0 Å². The lowest BCUT2D eigenvalue weighted by atomic mass is 9.81. The van der Waals surface area contributed by atoms with Gasteiger partial charge >= 0.3 is 0 Å². The number of benzene rings is 11. The molecule has 13 rings (SSSR count). The van der Waals surface area contributed by atoms with Gasteiger partial charge in [-0.1, -0.05) is 184 Å². The van der Waals surface area contributed by atoms with E-state index in [1.807, 2.05) is 0 Å². The second-order valence-corrected chi connectivity index (χ2v) is 17.2. The lowest BCUT2D eigenvalue weighted by molar-refractivity contribution is 0.660. The van der Waals surface area contributed by atoms with E-state index in [0.29, 0.717) is 0 Å². The molecule has 11 aromatic carbocycles. The molecule has 0 saturated carbocycles. The number of furan rings is 1. The normalized spacial score (nSPS) is 13.3. The lowest BCUT2D eigenvalue weighted by Gasteiger charge is -2.22. The third-order valence-electron chi connectivity index (χ3n) is 13.6. The van der Waals surface area contributed by atoms with Crippen LogP contribution < -0.4 is 0 Å². The molecular formula is C59H38O. The molecule has 1 heteroatoms. The van der Waals surface area contributed by atoms with Gasteiger partial charge in [0.1, 0.15) is 11.2 Å². The third-order valence-corrected chi connectivity index (χ3v) is 13.6. The Morgan fingerprint density at radius 3 is 1.65 bits per heavy atom. The molecule has 280 valence electrons. The van der Waals surface area contributed by atoms with E-state index >= 15 is 0 Å². The summed E-state index contributed by atoms with van der Waals surface area (Å²) in [6.07, 6.45) is 0. The van der Waals surface area contributed by atoms with Gasteiger partial charge in [0.05, 0.1) is 0 Å². The van der Waals surface area contributed by atoms with Gasteiger partial charge in [0.15, 0.2) is 0 Å². The van der Waals surface area contributed by atoms with Crippen molar-refractivity contribution in [2.24, 2.45) is 0 Å². The first kappa shape index (κ1) is 33.5. The average molecular weight is 763 g/mol. The molecule has 0 saturated heterocycles. The summed E-state index contributed by atoms with van der Waals surface area (Å²) in [7, 11) is 0. The van der Waals surface area contributed by atoms with Crippen molar-refractivity contribution < 1.29 is 4.42 Å². The molecule has 1 nitrogen and oxygen atoms in total. The van der Waals surface area contributed by atoms with Crippen molar-refractivity contribution in [3.05, 3.63) is 205 Å². The van der Waals surface area contributed by atoms with Gasteiger partial charge in [0, 0.05) is 21.8 Å². The Bertz CT molecular complexity index is 3710. The molecule has 1 aliphatic rings. The number of fused-ring (bicyclic) bond motifs is 7. The largest absolute Gasteiger partial charge is 0.455 e. The minimum absolute atomic E-state index is 0.0405. The molecule has 60 heavy (non-hydrogen) atoms. The summed E-state index contributed by atoms with van der Waals surface area (Å²) in [5.41, 5.74) is 16.8. The quantitative estimate of drug-likeness (QED) is 0.163. The summed E-state index contributed by atoms with van der Waals surface area (Å²) in [5.74, 6) is 0. The van der Waals surface area contributed by atoms with Crippen LogP contribution in [0.4, 0.5) is 0 Å². The predicted octanol–water partition coefficient (Wildman–Crippen LogP) is 16.6. The van der Waals surface area contributed by atoms with Gasteiger partial charge in [-0.05, 0) is 129 Å². The van der Waals surface area contributed by atoms with Gasteiger partial charge in [-0.25, -0.2) is 0 Å². The number of hydrogen-bond donors (Lipinski definition) is 0. The first-order valence-electron chi connectivity index (χ1n) is 21.0. The molecule has 0 radical (unpaired) electrons. The van der Waals surface area contributed by atoms with Crippen molar-refractivity contribution >= 4 is 65.0 Å². The summed E-state index contributed by atoms with van der Waals surface area (Å²) in [6.45, 7) is 4.69. The van der Waals surface area contributed by atoms with E-state index in [9.17, 15) is 0 Å². The summed E-state index contributed by atoms with van der Waals surface area (Å²) < 4.78 is 7.02. The highest BCUT2D eigenvalue weighted by molar-refractivity contribution is 6.29. The smallest absolute Gasteiger partial charge is 0.143 e. The van der Waals surface area contributed by atoms with Crippen LogP contribution in [0.25, 0.3) is 121 Å². The fourth-order valence-corrected chi connectivity index (χ4v) is 10.6. The molecule has 0 fully saturated rings. The van der Waals surface area contributed by atoms with Gasteiger partial charge in [-0.3, -0.25) is 0 Å². The van der Waals surface area contributed by atoms with Crippen LogP contribution in [0.5, 0.6) is 0 Å². The summed E-state index contributed by atoms with van der Waals surface area (Å²) in [5, 5.41) is 12.4. The van der Waals surface area contributed by atoms with Crippen LogP contribution in [0.2, 0.25) is 0 Å². The molecule has 1 aliphatic carbocycles. The number of hydrogen-bond acceptors (Lipinski definition) is 1. The van der Waals surface area contributed by atoms with E-state index in [-0.39, 0.29) is 5.41 Å². The van der Waals surface area contributed by atoms with Crippen molar-refractivity contribution in [2.75, 3.05) is 0 Å². The van der Waals surface area contributed by atoms with Crippen LogP contribution in [0.15, 0.2) is 199 Å². The van der Waals surface area contributed by atoms with Crippen LogP contribution in [-0.4, -0.2) is 0 Å². The standard InChI is InChI=1S/C59H38O/c1-59(2)52-15-9-8-14-46(52)47-27-24-42(33-53(47)59)35-16-18-37(19-17-35)44-30-31-50(57-51-32-40-12-6-7-13-41(40)34-54(51)60-58(44)57)45-26-21-39-22-28-48-43(36-10-4-3-5-11-36)25-20-38-23-29-49(45)56(39)55(38)48/h3-34H,1-2H3. The maximum absolute atomic E-state index is 7.02. The highest BCUT2D eigenvalue weighted by Crippen LogP contribution is 2.50. The maximum Gasteiger partial charge on any atom is 0.143 e. The highest BCUT2D eigenvalue weighted by atomic mass is 16.3. The summed E-state index contributed by atoms with van der Waals surface area (Å²) >= 11 is 0. The van der Waals surface area contributed by atoms with Crippen molar-refractivity contribution in [2.45, 2.75) is 19.3 Å². The van der Waals surface area contributed by atoms with E-state index in [4.69, 9.17) is 4.42 Å². The minimum atomic E-state index is -0.0405. The van der Waals surface area contributed by atoms with Gasteiger partial charge in [-0.2, -0.15) is 0 Å². The monoisotopic (exact) mass is 762 g/mol. The Morgan fingerprint density at radius 2 is 0.867 bits per heavy atom. The Kier molecular flexibility index (Phi) is 6.85.